The molecule has 0 bridgehead atoms. The monoisotopic (exact) mass is 413 g/mol. The number of hydrogen-bond acceptors (Lipinski definition) is 5. The Kier molecular flexibility index (Phi) is 6.40. The summed E-state index contributed by atoms with van der Waals surface area (Å²) in [5.74, 6) is 0.987. The molecule has 3 aromatic rings. The van der Waals surface area contributed by atoms with Gasteiger partial charge in [0.25, 0.3) is 0 Å². The van der Waals surface area contributed by atoms with Gasteiger partial charge in [-0.05, 0) is 34.9 Å². The molecule has 0 aliphatic heterocycles. The van der Waals surface area contributed by atoms with E-state index in [0.29, 0.717) is 29.9 Å². The first-order valence-electron chi connectivity index (χ1n) is 10.2. The van der Waals surface area contributed by atoms with Crippen LogP contribution in [0.3, 0.4) is 0 Å². The van der Waals surface area contributed by atoms with Gasteiger partial charge in [0.05, 0.1) is 25.7 Å². The van der Waals surface area contributed by atoms with Crippen LogP contribution >= 0.6 is 0 Å². The van der Waals surface area contributed by atoms with Gasteiger partial charge in [0, 0.05) is 18.5 Å². The maximum Gasteiger partial charge on any atom is 0.309 e. The number of ether oxygens (including phenoxy) is 2. The lowest BCUT2D eigenvalue weighted by molar-refractivity contribution is -0.139. The molecule has 0 saturated heterocycles. The van der Waals surface area contributed by atoms with Gasteiger partial charge >= 0.3 is 5.97 Å². The standard InChI is InChI=1S/C25H24BNO4/c1-30-24(29)12-16-5-4-7-20(11-16)31-23-10-9-19(26)13-18(23)15-27-25-21-8-3-2-6-17(21)14-22(25)28/h2-11,13,22,25,27-28H,12,14-15H2,1H3/t22-,25+/m1/s1. The Labute approximate surface area is 183 Å². The number of esters is 1. The van der Waals surface area contributed by atoms with E-state index in [1.54, 1.807) is 6.07 Å². The smallest absolute Gasteiger partial charge is 0.309 e. The third-order valence-electron chi connectivity index (χ3n) is 5.50. The summed E-state index contributed by atoms with van der Waals surface area (Å²) in [4.78, 5) is 11.6. The lowest BCUT2D eigenvalue weighted by atomic mass is 9.94. The average molecular weight is 413 g/mol. The Morgan fingerprint density at radius 1 is 1.13 bits per heavy atom. The Balaban J connectivity index is 1.51. The van der Waals surface area contributed by atoms with Crippen LogP contribution < -0.4 is 15.5 Å². The first kappa shape index (κ1) is 21.2. The molecular weight excluding hydrogens is 389 g/mol. The largest absolute Gasteiger partial charge is 0.469 e. The van der Waals surface area contributed by atoms with Gasteiger partial charge in [-0.3, -0.25) is 4.79 Å². The van der Waals surface area contributed by atoms with E-state index in [4.69, 9.17) is 17.3 Å². The van der Waals surface area contributed by atoms with Crippen LogP contribution in [0, 0.1) is 0 Å². The van der Waals surface area contributed by atoms with Crippen LogP contribution in [0.2, 0.25) is 0 Å². The number of methoxy groups -OCH3 is 1. The third kappa shape index (κ3) is 4.98. The molecule has 0 aromatic heterocycles. The molecule has 156 valence electrons. The van der Waals surface area contributed by atoms with Crippen molar-refractivity contribution in [3.63, 3.8) is 0 Å². The fourth-order valence-electron chi connectivity index (χ4n) is 3.96. The van der Waals surface area contributed by atoms with E-state index in [1.165, 1.54) is 12.7 Å². The molecule has 0 spiro atoms. The van der Waals surface area contributed by atoms with Crippen molar-refractivity contribution in [3.05, 3.63) is 89.0 Å². The molecule has 0 unspecified atom stereocenters. The zero-order chi connectivity index (χ0) is 21.8. The predicted molar refractivity (Wildman–Crippen MR) is 120 cm³/mol. The minimum atomic E-state index is -0.474. The molecule has 4 rings (SSSR count). The molecule has 0 fully saturated rings. The summed E-state index contributed by atoms with van der Waals surface area (Å²) in [5.41, 5.74) is 4.62. The second kappa shape index (κ2) is 9.37. The number of aliphatic hydroxyl groups is 1. The molecule has 0 saturated carbocycles. The molecular formula is C25H24BNO4. The van der Waals surface area contributed by atoms with Crippen LogP contribution in [0.15, 0.2) is 66.7 Å². The van der Waals surface area contributed by atoms with Crippen molar-refractivity contribution in [2.45, 2.75) is 31.5 Å². The Morgan fingerprint density at radius 2 is 1.97 bits per heavy atom. The predicted octanol–water partition coefficient (Wildman–Crippen LogP) is 2.74. The van der Waals surface area contributed by atoms with Gasteiger partial charge in [-0.15, -0.1) is 0 Å². The van der Waals surface area contributed by atoms with E-state index in [2.05, 4.69) is 11.4 Å². The summed E-state index contributed by atoms with van der Waals surface area (Å²) < 4.78 is 10.9. The number of rotatable bonds is 7. The quantitative estimate of drug-likeness (QED) is 0.461. The van der Waals surface area contributed by atoms with E-state index in [1.807, 2.05) is 54.6 Å². The number of fused-ring (bicyclic) bond motifs is 1. The highest BCUT2D eigenvalue weighted by Gasteiger charge is 2.30. The fraction of sp³-hybridized carbons (Fsp3) is 0.240. The summed E-state index contributed by atoms with van der Waals surface area (Å²) in [6.07, 6.45) is 0.349. The summed E-state index contributed by atoms with van der Waals surface area (Å²) in [6, 6.07) is 20.8. The zero-order valence-corrected chi connectivity index (χ0v) is 17.4. The maximum atomic E-state index is 11.6. The van der Waals surface area contributed by atoms with Crippen LogP contribution in [0.5, 0.6) is 11.5 Å². The molecule has 0 heterocycles. The lowest BCUT2D eigenvalue weighted by Crippen LogP contribution is -2.28. The third-order valence-corrected chi connectivity index (χ3v) is 5.50. The highest BCUT2D eigenvalue weighted by molar-refractivity contribution is 6.32. The summed E-state index contributed by atoms with van der Waals surface area (Å²) >= 11 is 0. The van der Waals surface area contributed by atoms with E-state index in [-0.39, 0.29) is 18.4 Å². The number of hydrogen-bond donors (Lipinski definition) is 2. The zero-order valence-electron chi connectivity index (χ0n) is 17.4. The van der Waals surface area contributed by atoms with Gasteiger partial charge in [-0.25, -0.2) is 0 Å². The van der Waals surface area contributed by atoms with Crippen molar-refractivity contribution in [1.29, 1.82) is 0 Å². The number of carbonyl (C=O) groups excluding carboxylic acids is 1. The molecule has 6 heteroatoms. The van der Waals surface area contributed by atoms with Crippen molar-refractivity contribution < 1.29 is 19.4 Å². The topological polar surface area (TPSA) is 67.8 Å². The molecule has 0 amide bonds. The van der Waals surface area contributed by atoms with Crippen LogP contribution in [-0.2, 0) is 28.9 Å². The second-order valence-electron chi connectivity index (χ2n) is 7.70. The van der Waals surface area contributed by atoms with Crippen LogP contribution in [-0.4, -0.2) is 32.1 Å². The number of nitrogens with one attached hydrogen (secondary N) is 1. The average Bonchev–Trinajstić information content (AvgIpc) is 3.09. The molecule has 3 aromatic carbocycles. The molecule has 5 nitrogen and oxygen atoms in total. The Bertz CT molecular complexity index is 1080. The molecule has 1 aliphatic rings. The van der Waals surface area contributed by atoms with Crippen molar-refractivity contribution in [2.75, 3.05) is 7.11 Å². The fourth-order valence-corrected chi connectivity index (χ4v) is 3.96. The number of carbonyl (C=O) groups is 1. The number of aliphatic hydroxyl groups excluding tert-OH is 1. The number of benzene rings is 3. The summed E-state index contributed by atoms with van der Waals surface area (Å²) in [5, 5.41) is 14.0. The summed E-state index contributed by atoms with van der Waals surface area (Å²) in [6.45, 7) is 0.484. The van der Waals surface area contributed by atoms with E-state index < -0.39 is 6.10 Å². The van der Waals surface area contributed by atoms with Crippen LogP contribution in [0.1, 0.15) is 28.3 Å². The second-order valence-corrected chi connectivity index (χ2v) is 7.70. The van der Waals surface area contributed by atoms with Crippen molar-refractivity contribution in [3.8, 4) is 11.5 Å². The van der Waals surface area contributed by atoms with E-state index >= 15 is 0 Å². The first-order chi connectivity index (χ1) is 15.0. The van der Waals surface area contributed by atoms with E-state index in [0.717, 1.165) is 16.7 Å². The van der Waals surface area contributed by atoms with Gasteiger partial charge in [0.15, 0.2) is 0 Å². The van der Waals surface area contributed by atoms with Gasteiger partial charge in [0.1, 0.15) is 19.3 Å². The van der Waals surface area contributed by atoms with Crippen molar-refractivity contribution >= 4 is 19.3 Å². The van der Waals surface area contributed by atoms with Crippen LogP contribution in [0.25, 0.3) is 0 Å². The van der Waals surface area contributed by atoms with Gasteiger partial charge < -0.3 is 19.9 Å². The molecule has 2 N–H and O–H groups in total. The first-order valence-corrected chi connectivity index (χ1v) is 10.2. The van der Waals surface area contributed by atoms with Crippen LogP contribution in [0.4, 0.5) is 0 Å². The van der Waals surface area contributed by atoms with Crippen molar-refractivity contribution in [1.82, 2.24) is 5.32 Å². The van der Waals surface area contributed by atoms with Gasteiger partial charge in [0.2, 0.25) is 0 Å². The SMILES string of the molecule is [B]c1ccc(Oc2cccc(CC(=O)OC)c2)c(CN[C@H]2c3ccccc3C[C@H]2O)c1. The Morgan fingerprint density at radius 3 is 2.81 bits per heavy atom. The molecule has 2 radical (unpaired) electrons. The summed E-state index contributed by atoms with van der Waals surface area (Å²) in [7, 11) is 7.39. The molecule has 2 atom stereocenters. The molecule has 31 heavy (non-hydrogen) atoms. The van der Waals surface area contributed by atoms with E-state index in [9.17, 15) is 9.90 Å². The lowest BCUT2D eigenvalue weighted by Gasteiger charge is -2.20. The van der Waals surface area contributed by atoms with Gasteiger partial charge in [-0.2, -0.15) is 0 Å². The van der Waals surface area contributed by atoms with Gasteiger partial charge in [-0.1, -0.05) is 54.0 Å². The normalized spacial score (nSPS) is 17.2. The van der Waals surface area contributed by atoms with Crippen molar-refractivity contribution in [2.24, 2.45) is 0 Å². The minimum Gasteiger partial charge on any atom is -0.469 e. The highest BCUT2D eigenvalue weighted by Crippen LogP contribution is 2.32. The highest BCUT2D eigenvalue weighted by atomic mass is 16.5. The minimum absolute atomic E-state index is 0.145. The molecule has 1 aliphatic carbocycles. The Hall–Kier alpha value is -3.09. The maximum absolute atomic E-state index is 11.6.